The minimum Gasteiger partial charge on any atom is -0.398 e. The lowest BCUT2D eigenvalue weighted by atomic mass is 9.65. The monoisotopic (exact) mass is 886 g/mol. The molecule has 14 nitrogen and oxygen atoms in total. The number of nitrogens with two attached hydrogens (primary N) is 1. The van der Waals surface area contributed by atoms with Gasteiger partial charge in [-0.05, 0) is 138 Å². The summed E-state index contributed by atoms with van der Waals surface area (Å²) in [4.78, 5) is 76.4. The van der Waals surface area contributed by atoms with Gasteiger partial charge in [0, 0.05) is 79.1 Å². The van der Waals surface area contributed by atoms with Crippen LogP contribution in [0, 0.1) is 18.3 Å². The highest BCUT2D eigenvalue weighted by molar-refractivity contribution is 6.08. The maximum atomic E-state index is 13.4. The van der Waals surface area contributed by atoms with Gasteiger partial charge in [0.2, 0.25) is 18.2 Å². The number of aromatic nitrogens is 1. The minimum absolute atomic E-state index is 0.0671. The summed E-state index contributed by atoms with van der Waals surface area (Å²) in [5.74, 6) is -1.83. The number of anilines is 3. The van der Waals surface area contributed by atoms with Crippen molar-refractivity contribution in [2.24, 2.45) is 16.3 Å². The van der Waals surface area contributed by atoms with Crippen molar-refractivity contribution in [3.8, 4) is 0 Å². The Morgan fingerprint density at radius 1 is 1.00 bits per heavy atom. The number of amides is 5. The van der Waals surface area contributed by atoms with Gasteiger partial charge in [-0.3, -0.25) is 39.2 Å². The van der Waals surface area contributed by atoms with E-state index in [1.165, 1.54) is 45.6 Å². The molecule has 342 valence electrons. The van der Waals surface area contributed by atoms with Gasteiger partial charge in [0.1, 0.15) is 17.4 Å². The number of aliphatic imine (C=N–C) groups is 1. The van der Waals surface area contributed by atoms with Gasteiger partial charge in [0.25, 0.3) is 11.8 Å². The van der Waals surface area contributed by atoms with Crippen LogP contribution in [0.15, 0.2) is 53.5 Å². The number of benzene rings is 2. The fourth-order valence-electron chi connectivity index (χ4n) is 9.71. The first-order valence-corrected chi connectivity index (χ1v) is 22.1. The summed E-state index contributed by atoms with van der Waals surface area (Å²) in [7, 11) is 0. The molecule has 2 aromatic carbocycles. The van der Waals surface area contributed by atoms with E-state index in [1.807, 2.05) is 19.1 Å². The standard InChI is InChI=1S/C47H57F3N8O6/c1-29-23-33(7-8-34(29)44(63)58(28-59)39-9-10-41(60)55-43(39)62)57-21-17-46(18-22-57)15-11-30(12-16-46)27-56-19-13-32(14-20-56)52-26-31-24-38(35(25-36(31)51)45(2,3)64)54-42(61)37-5-4-6-40(53-37)47(48,49)50/h4-8,23-26,28,30,32,39,64H,9-22,27,51H2,1-3H3,(H,54,61)(H,55,60,62). The number of nitrogens with one attached hydrogen (secondary N) is 2. The molecule has 3 aromatic rings. The first kappa shape index (κ1) is 46.3. The van der Waals surface area contributed by atoms with Crippen molar-refractivity contribution in [1.82, 2.24) is 20.1 Å². The van der Waals surface area contributed by atoms with Gasteiger partial charge in [0.15, 0.2) is 0 Å². The molecule has 5 amide bonds. The molecule has 1 atom stereocenters. The van der Waals surface area contributed by atoms with E-state index in [2.05, 4.69) is 25.4 Å². The molecule has 1 saturated carbocycles. The number of halogens is 3. The molecule has 3 aliphatic heterocycles. The summed E-state index contributed by atoms with van der Waals surface area (Å²) >= 11 is 0. The Bertz CT molecular complexity index is 2290. The average Bonchev–Trinajstić information content (AvgIpc) is 3.25. The third kappa shape index (κ3) is 10.6. The number of imide groups is 2. The molecule has 1 unspecified atom stereocenters. The van der Waals surface area contributed by atoms with E-state index in [-0.39, 0.29) is 24.6 Å². The number of likely N-dealkylation sites (tertiary alicyclic amines) is 1. The summed E-state index contributed by atoms with van der Waals surface area (Å²) in [5.41, 5.74) is 7.12. The van der Waals surface area contributed by atoms with Gasteiger partial charge >= 0.3 is 6.18 Å². The number of hydrogen-bond donors (Lipinski definition) is 4. The summed E-state index contributed by atoms with van der Waals surface area (Å²) < 4.78 is 39.8. The number of carbonyl (C=O) groups excluding carboxylic acids is 5. The molecule has 1 aliphatic carbocycles. The van der Waals surface area contributed by atoms with Crippen LogP contribution in [0.4, 0.5) is 30.2 Å². The third-order valence-electron chi connectivity index (χ3n) is 13.6. The number of alkyl halides is 3. The third-order valence-corrected chi connectivity index (χ3v) is 13.6. The van der Waals surface area contributed by atoms with Crippen molar-refractivity contribution in [3.63, 3.8) is 0 Å². The van der Waals surface area contributed by atoms with Crippen LogP contribution in [0.2, 0.25) is 0 Å². The average molecular weight is 887 g/mol. The van der Waals surface area contributed by atoms with Crippen LogP contribution in [0.1, 0.15) is 121 Å². The molecule has 0 radical (unpaired) electrons. The minimum atomic E-state index is -4.71. The maximum Gasteiger partial charge on any atom is 0.433 e. The van der Waals surface area contributed by atoms with Gasteiger partial charge in [-0.25, -0.2) is 4.98 Å². The van der Waals surface area contributed by atoms with Crippen LogP contribution in [-0.4, -0.2) is 101 Å². The summed E-state index contributed by atoms with van der Waals surface area (Å²) in [5, 5.41) is 15.7. The van der Waals surface area contributed by atoms with Crippen LogP contribution >= 0.6 is 0 Å². The van der Waals surface area contributed by atoms with Crippen molar-refractivity contribution < 1.29 is 42.3 Å². The summed E-state index contributed by atoms with van der Waals surface area (Å²) in [6.07, 6.45) is 6.23. The number of nitrogen functional groups attached to an aromatic ring is 1. The van der Waals surface area contributed by atoms with Crippen molar-refractivity contribution in [3.05, 3.63) is 82.2 Å². The second-order valence-corrected chi connectivity index (χ2v) is 18.5. The van der Waals surface area contributed by atoms with Crippen LogP contribution < -0.4 is 21.3 Å². The normalized spacial score (nSPS) is 20.4. The quantitative estimate of drug-likeness (QED) is 0.0743. The number of carbonyl (C=O) groups is 5. The highest BCUT2D eigenvalue weighted by atomic mass is 19.4. The number of aliphatic hydroxyl groups is 1. The fraction of sp³-hybridized carbons (Fsp3) is 0.511. The zero-order valence-electron chi connectivity index (χ0n) is 36.5. The molecule has 1 aromatic heterocycles. The highest BCUT2D eigenvalue weighted by Crippen LogP contribution is 2.47. The molecule has 0 bridgehead atoms. The Hall–Kier alpha value is -5.68. The Labute approximate surface area is 370 Å². The van der Waals surface area contributed by atoms with Crippen LogP contribution in [-0.2, 0) is 26.2 Å². The van der Waals surface area contributed by atoms with E-state index in [0.717, 1.165) is 86.7 Å². The van der Waals surface area contributed by atoms with E-state index in [9.17, 15) is 42.3 Å². The summed E-state index contributed by atoms with van der Waals surface area (Å²) in [6.45, 7) is 9.62. The highest BCUT2D eigenvalue weighted by Gasteiger charge is 2.40. The van der Waals surface area contributed by atoms with Crippen LogP contribution in [0.25, 0.3) is 0 Å². The Morgan fingerprint density at radius 3 is 2.33 bits per heavy atom. The van der Waals surface area contributed by atoms with E-state index in [1.54, 1.807) is 24.4 Å². The smallest absolute Gasteiger partial charge is 0.398 e. The first-order chi connectivity index (χ1) is 30.3. The molecular formula is C47H57F3N8O6. The zero-order valence-corrected chi connectivity index (χ0v) is 36.5. The first-order valence-electron chi connectivity index (χ1n) is 22.1. The van der Waals surface area contributed by atoms with Gasteiger partial charge in [-0.15, -0.1) is 0 Å². The van der Waals surface area contributed by atoms with Crippen LogP contribution in [0.5, 0.6) is 0 Å². The van der Waals surface area contributed by atoms with Crippen molar-refractivity contribution in [2.45, 2.75) is 109 Å². The molecule has 64 heavy (non-hydrogen) atoms. The van der Waals surface area contributed by atoms with E-state index in [4.69, 9.17) is 10.7 Å². The number of piperidine rings is 3. The molecule has 4 fully saturated rings. The van der Waals surface area contributed by atoms with E-state index >= 15 is 0 Å². The van der Waals surface area contributed by atoms with Gasteiger partial charge in [-0.1, -0.05) is 6.07 Å². The van der Waals surface area contributed by atoms with Crippen molar-refractivity contribution in [2.75, 3.05) is 48.7 Å². The molecule has 4 aliphatic rings. The maximum absolute atomic E-state index is 13.4. The number of aryl methyl sites for hydroxylation is 1. The number of pyridine rings is 1. The van der Waals surface area contributed by atoms with Gasteiger partial charge in [-0.2, -0.15) is 13.2 Å². The van der Waals surface area contributed by atoms with Gasteiger partial charge < -0.3 is 26.0 Å². The predicted octanol–water partition coefficient (Wildman–Crippen LogP) is 6.23. The topological polar surface area (TPSA) is 191 Å². The second kappa shape index (κ2) is 18.8. The zero-order chi connectivity index (χ0) is 46.0. The largest absolute Gasteiger partial charge is 0.433 e. The Morgan fingerprint density at radius 2 is 1.70 bits per heavy atom. The van der Waals surface area contributed by atoms with Gasteiger partial charge in [0.05, 0.1) is 11.6 Å². The lowest BCUT2D eigenvalue weighted by molar-refractivity contribution is -0.141. The van der Waals surface area contributed by atoms with E-state index in [0.29, 0.717) is 40.1 Å². The van der Waals surface area contributed by atoms with Crippen LogP contribution in [0.3, 0.4) is 0 Å². The number of nitrogens with zero attached hydrogens (tertiary/aromatic N) is 5. The lowest BCUT2D eigenvalue weighted by Gasteiger charge is -2.47. The van der Waals surface area contributed by atoms with Crippen molar-refractivity contribution >= 4 is 53.3 Å². The second-order valence-electron chi connectivity index (χ2n) is 18.5. The van der Waals surface area contributed by atoms with Crippen molar-refractivity contribution in [1.29, 1.82) is 0 Å². The molecular weight excluding hydrogens is 830 g/mol. The van der Waals surface area contributed by atoms with E-state index < -0.39 is 52.8 Å². The predicted molar refractivity (Wildman–Crippen MR) is 236 cm³/mol. The molecule has 1 spiro atoms. The fourth-order valence-corrected chi connectivity index (χ4v) is 9.71. The molecule has 4 heterocycles. The molecule has 3 saturated heterocycles. The Balaban J connectivity index is 0.875. The molecule has 5 N–H and O–H groups in total. The molecule has 7 rings (SSSR count). The lowest BCUT2D eigenvalue weighted by Crippen LogP contribution is -2.53. The SMILES string of the molecule is Cc1cc(N2CCC3(CCC(CN4CCC(N=Cc5cc(NC(=O)c6cccc(C(F)(F)F)n6)c(C(C)(C)O)cc5N)CC4)CC3)CC2)ccc1C(=O)N(C=O)C1CCC(=O)NC1=O. The number of rotatable bonds is 11. The number of hydrogen-bond acceptors (Lipinski definition) is 11. The summed E-state index contributed by atoms with van der Waals surface area (Å²) in [6, 6.07) is 10.9. The molecule has 17 heteroatoms. The Kier molecular flexibility index (Phi) is 13.6.